The standard InChI is InChI=1S/C7H5BrClNO/c1-4-2-10-7(9)5(3-11)6(4)8/h2-3H,1H3. The topological polar surface area (TPSA) is 30.0 Å². The van der Waals surface area contributed by atoms with Crippen molar-refractivity contribution < 1.29 is 4.79 Å². The van der Waals surface area contributed by atoms with Crippen molar-refractivity contribution in [2.45, 2.75) is 6.92 Å². The van der Waals surface area contributed by atoms with Gasteiger partial charge >= 0.3 is 0 Å². The predicted octanol–water partition coefficient (Wildman–Crippen LogP) is 2.62. The third-order valence-corrected chi connectivity index (χ3v) is 2.65. The normalized spacial score (nSPS) is 9.73. The number of carbonyl (C=O) groups excluding carboxylic acids is 1. The van der Waals surface area contributed by atoms with E-state index in [1.54, 1.807) is 6.20 Å². The molecule has 0 spiro atoms. The Hall–Kier alpha value is -0.410. The zero-order valence-corrected chi connectivity index (χ0v) is 8.11. The van der Waals surface area contributed by atoms with Gasteiger partial charge in [-0.3, -0.25) is 4.79 Å². The second-order valence-corrected chi connectivity index (χ2v) is 3.23. The number of aryl methyl sites for hydroxylation is 1. The number of carbonyl (C=O) groups is 1. The Morgan fingerprint density at radius 2 is 2.36 bits per heavy atom. The molecular weight excluding hydrogens is 229 g/mol. The fraction of sp³-hybridized carbons (Fsp3) is 0.143. The van der Waals surface area contributed by atoms with Crippen LogP contribution in [0.5, 0.6) is 0 Å². The van der Waals surface area contributed by atoms with Crippen LogP contribution in [-0.4, -0.2) is 11.3 Å². The monoisotopic (exact) mass is 233 g/mol. The fourth-order valence-corrected chi connectivity index (χ4v) is 1.37. The average Bonchev–Trinajstić information content (AvgIpc) is 1.99. The molecule has 58 valence electrons. The minimum absolute atomic E-state index is 0.234. The zero-order valence-electron chi connectivity index (χ0n) is 5.77. The third kappa shape index (κ3) is 1.60. The third-order valence-electron chi connectivity index (χ3n) is 1.29. The number of hydrogen-bond acceptors (Lipinski definition) is 2. The molecule has 1 aromatic rings. The first-order valence-corrected chi connectivity index (χ1v) is 4.09. The number of hydrogen-bond donors (Lipinski definition) is 0. The molecule has 0 aromatic carbocycles. The quantitative estimate of drug-likeness (QED) is 0.552. The van der Waals surface area contributed by atoms with E-state index < -0.39 is 0 Å². The molecule has 0 amide bonds. The highest BCUT2D eigenvalue weighted by molar-refractivity contribution is 9.10. The van der Waals surface area contributed by atoms with E-state index in [9.17, 15) is 4.79 Å². The number of rotatable bonds is 1. The van der Waals surface area contributed by atoms with Crippen LogP contribution in [0.4, 0.5) is 0 Å². The van der Waals surface area contributed by atoms with Gasteiger partial charge in [0.2, 0.25) is 0 Å². The second-order valence-electron chi connectivity index (χ2n) is 2.08. The minimum atomic E-state index is 0.234. The molecule has 0 fully saturated rings. The molecule has 1 aromatic heterocycles. The lowest BCUT2D eigenvalue weighted by Crippen LogP contribution is -1.90. The molecule has 0 saturated carbocycles. The van der Waals surface area contributed by atoms with Gasteiger partial charge in [0, 0.05) is 10.7 Å². The predicted molar refractivity (Wildman–Crippen MR) is 47.1 cm³/mol. The summed E-state index contributed by atoms with van der Waals surface area (Å²) in [5.74, 6) is 0. The SMILES string of the molecule is Cc1cnc(Cl)c(C=O)c1Br. The highest BCUT2D eigenvalue weighted by Gasteiger charge is 2.06. The molecule has 1 rings (SSSR count). The summed E-state index contributed by atoms with van der Waals surface area (Å²) in [6, 6.07) is 0. The molecule has 1 heterocycles. The molecule has 0 radical (unpaired) electrons. The molecule has 11 heavy (non-hydrogen) atoms. The van der Waals surface area contributed by atoms with Crippen molar-refractivity contribution in [2.75, 3.05) is 0 Å². The zero-order chi connectivity index (χ0) is 8.43. The second kappa shape index (κ2) is 3.32. The summed E-state index contributed by atoms with van der Waals surface area (Å²) in [4.78, 5) is 14.3. The Morgan fingerprint density at radius 1 is 1.73 bits per heavy atom. The molecule has 0 aliphatic rings. The summed E-state index contributed by atoms with van der Waals surface area (Å²) < 4.78 is 0.715. The van der Waals surface area contributed by atoms with E-state index in [4.69, 9.17) is 11.6 Å². The maximum absolute atomic E-state index is 10.4. The van der Waals surface area contributed by atoms with Crippen molar-refractivity contribution in [3.05, 3.63) is 26.9 Å². The first-order chi connectivity index (χ1) is 5.16. The number of aromatic nitrogens is 1. The van der Waals surface area contributed by atoms with E-state index >= 15 is 0 Å². The maximum Gasteiger partial charge on any atom is 0.154 e. The van der Waals surface area contributed by atoms with Gasteiger partial charge in [-0.05, 0) is 28.4 Å². The van der Waals surface area contributed by atoms with E-state index in [2.05, 4.69) is 20.9 Å². The lowest BCUT2D eigenvalue weighted by atomic mass is 10.2. The van der Waals surface area contributed by atoms with Crippen molar-refractivity contribution in [1.82, 2.24) is 4.98 Å². The Bertz CT molecular complexity index is 301. The highest BCUT2D eigenvalue weighted by atomic mass is 79.9. The first-order valence-electron chi connectivity index (χ1n) is 2.92. The van der Waals surface area contributed by atoms with Crippen molar-refractivity contribution >= 4 is 33.8 Å². The van der Waals surface area contributed by atoms with Gasteiger partial charge in [-0.2, -0.15) is 0 Å². The van der Waals surface area contributed by atoms with Crippen LogP contribution in [0.3, 0.4) is 0 Å². The molecule has 0 N–H and O–H groups in total. The number of nitrogens with zero attached hydrogens (tertiary/aromatic N) is 1. The fourth-order valence-electron chi connectivity index (χ4n) is 0.683. The van der Waals surface area contributed by atoms with Gasteiger partial charge in [-0.15, -0.1) is 0 Å². The van der Waals surface area contributed by atoms with E-state index in [1.807, 2.05) is 6.92 Å². The number of aldehydes is 1. The van der Waals surface area contributed by atoms with Crippen LogP contribution in [0.2, 0.25) is 5.15 Å². The van der Waals surface area contributed by atoms with Crippen LogP contribution in [-0.2, 0) is 0 Å². The molecule has 0 aliphatic heterocycles. The van der Waals surface area contributed by atoms with E-state index in [1.165, 1.54) is 0 Å². The van der Waals surface area contributed by atoms with E-state index in [0.29, 0.717) is 16.3 Å². The first kappa shape index (κ1) is 8.68. The Labute approximate surface area is 77.7 Å². The largest absolute Gasteiger partial charge is 0.298 e. The minimum Gasteiger partial charge on any atom is -0.298 e. The van der Waals surface area contributed by atoms with Crippen LogP contribution in [0.1, 0.15) is 15.9 Å². The maximum atomic E-state index is 10.4. The van der Waals surface area contributed by atoms with Crippen LogP contribution in [0.15, 0.2) is 10.7 Å². The lowest BCUT2D eigenvalue weighted by molar-refractivity contribution is 0.112. The molecule has 0 bridgehead atoms. The molecule has 4 heteroatoms. The van der Waals surface area contributed by atoms with Gasteiger partial charge in [-0.25, -0.2) is 4.98 Å². The van der Waals surface area contributed by atoms with Gasteiger partial charge in [0.25, 0.3) is 0 Å². The van der Waals surface area contributed by atoms with Crippen LogP contribution >= 0.6 is 27.5 Å². The molecule has 0 unspecified atom stereocenters. The van der Waals surface area contributed by atoms with Gasteiger partial charge < -0.3 is 0 Å². The van der Waals surface area contributed by atoms with Crippen LogP contribution in [0.25, 0.3) is 0 Å². The summed E-state index contributed by atoms with van der Waals surface area (Å²) in [6.07, 6.45) is 2.30. The number of pyridine rings is 1. The van der Waals surface area contributed by atoms with Gasteiger partial charge in [0.15, 0.2) is 6.29 Å². The van der Waals surface area contributed by atoms with Crippen molar-refractivity contribution in [3.63, 3.8) is 0 Å². The summed E-state index contributed by atoms with van der Waals surface area (Å²) in [7, 11) is 0. The Morgan fingerprint density at radius 3 is 2.82 bits per heavy atom. The Balaban J connectivity index is 3.40. The molecule has 0 atom stereocenters. The van der Waals surface area contributed by atoms with Gasteiger partial charge in [0.1, 0.15) is 5.15 Å². The number of halogens is 2. The average molecular weight is 234 g/mol. The summed E-state index contributed by atoms with van der Waals surface area (Å²) >= 11 is 8.86. The Kier molecular flexibility index (Phi) is 2.62. The van der Waals surface area contributed by atoms with Gasteiger partial charge in [0.05, 0.1) is 5.56 Å². The lowest BCUT2D eigenvalue weighted by Gasteiger charge is -2.00. The summed E-state index contributed by atoms with van der Waals surface area (Å²) in [5.41, 5.74) is 1.31. The van der Waals surface area contributed by atoms with Crippen molar-refractivity contribution in [1.29, 1.82) is 0 Å². The van der Waals surface area contributed by atoms with Crippen LogP contribution < -0.4 is 0 Å². The van der Waals surface area contributed by atoms with Crippen molar-refractivity contribution in [3.8, 4) is 0 Å². The summed E-state index contributed by atoms with van der Waals surface area (Å²) in [5, 5.41) is 0.234. The molecule has 2 nitrogen and oxygen atoms in total. The summed E-state index contributed by atoms with van der Waals surface area (Å²) in [6.45, 7) is 1.85. The molecular formula is C7H5BrClNO. The molecule has 0 saturated heterocycles. The van der Waals surface area contributed by atoms with E-state index in [-0.39, 0.29) is 5.15 Å². The van der Waals surface area contributed by atoms with Crippen LogP contribution in [0, 0.1) is 6.92 Å². The smallest absolute Gasteiger partial charge is 0.154 e. The van der Waals surface area contributed by atoms with Gasteiger partial charge in [-0.1, -0.05) is 11.6 Å². The highest BCUT2D eigenvalue weighted by Crippen LogP contribution is 2.23. The molecule has 0 aliphatic carbocycles. The van der Waals surface area contributed by atoms with E-state index in [0.717, 1.165) is 5.56 Å². The van der Waals surface area contributed by atoms with Crippen molar-refractivity contribution in [2.24, 2.45) is 0 Å².